The number of aliphatic hydroxyl groups excluding tert-OH is 3. The third kappa shape index (κ3) is 4.67. The number of amides is 2. The Kier molecular flexibility index (Phi) is 6.51. The number of alkyl halides is 2. The van der Waals surface area contributed by atoms with Crippen LogP contribution < -0.4 is 0 Å². The maximum absolute atomic E-state index is 13.4. The van der Waals surface area contributed by atoms with E-state index in [9.17, 15) is 28.6 Å². The van der Waals surface area contributed by atoms with Crippen molar-refractivity contribution in [1.29, 1.82) is 0 Å². The van der Waals surface area contributed by atoms with Gasteiger partial charge in [-0.05, 0) is 17.7 Å². The zero-order valence-electron chi connectivity index (χ0n) is 13.7. The molecule has 2 rings (SSSR count). The lowest BCUT2D eigenvalue weighted by atomic mass is 10.1. The van der Waals surface area contributed by atoms with Crippen LogP contribution in [-0.4, -0.2) is 81.7 Å². The van der Waals surface area contributed by atoms with Gasteiger partial charge in [-0.3, -0.25) is 9.59 Å². The second kappa shape index (κ2) is 8.26. The third-order valence-corrected chi connectivity index (χ3v) is 4.28. The van der Waals surface area contributed by atoms with Gasteiger partial charge in [-0.2, -0.15) is 8.78 Å². The van der Waals surface area contributed by atoms with Gasteiger partial charge in [0, 0.05) is 31.2 Å². The minimum Gasteiger partial charge on any atom is -0.390 e. The molecule has 1 heterocycles. The van der Waals surface area contributed by atoms with Crippen molar-refractivity contribution in [3.63, 3.8) is 0 Å². The quantitative estimate of drug-likeness (QED) is 0.671. The lowest BCUT2D eigenvalue weighted by molar-refractivity contribution is -0.163. The molecule has 1 saturated heterocycles. The highest BCUT2D eigenvalue weighted by Crippen LogP contribution is 2.21. The van der Waals surface area contributed by atoms with E-state index in [0.717, 1.165) is 4.90 Å². The van der Waals surface area contributed by atoms with Crippen LogP contribution in [0.15, 0.2) is 24.3 Å². The second-order valence-corrected chi connectivity index (χ2v) is 6.44. The molecule has 10 heteroatoms. The van der Waals surface area contributed by atoms with Gasteiger partial charge in [-0.1, -0.05) is 23.7 Å². The first-order valence-corrected chi connectivity index (χ1v) is 8.22. The van der Waals surface area contributed by atoms with Crippen LogP contribution >= 0.6 is 11.6 Å². The Labute approximate surface area is 153 Å². The highest BCUT2D eigenvalue weighted by molar-refractivity contribution is 6.30. The van der Waals surface area contributed by atoms with Gasteiger partial charge in [0.2, 0.25) is 0 Å². The van der Waals surface area contributed by atoms with Crippen LogP contribution in [0.2, 0.25) is 5.02 Å². The van der Waals surface area contributed by atoms with Crippen LogP contribution in [0.25, 0.3) is 0 Å². The molecule has 3 N–H and O–H groups in total. The second-order valence-electron chi connectivity index (χ2n) is 6.01. The predicted molar refractivity (Wildman–Crippen MR) is 87.6 cm³/mol. The SMILES string of the molecule is O=C(C(O)c1ccc(Cl)cc1)N1CCN(C(=O)C(F)(F)CO)CC(O)C1. The molecule has 1 aliphatic heterocycles. The monoisotopic (exact) mass is 392 g/mol. The van der Waals surface area contributed by atoms with E-state index in [1.54, 1.807) is 0 Å². The predicted octanol–water partition coefficient (Wildman–Crippen LogP) is 0.0327. The summed E-state index contributed by atoms with van der Waals surface area (Å²) in [5.74, 6) is -6.30. The minimum absolute atomic E-state index is 0.145. The highest BCUT2D eigenvalue weighted by atomic mass is 35.5. The molecule has 1 fully saturated rings. The third-order valence-electron chi connectivity index (χ3n) is 4.03. The number of hydrogen-bond acceptors (Lipinski definition) is 5. The number of hydrogen-bond donors (Lipinski definition) is 3. The van der Waals surface area contributed by atoms with Crippen molar-refractivity contribution < 1.29 is 33.7 Å². The van der Waals surface area contributed by atoms with Crippen LogP contribution in [-0.2, 0) is 9.59 Å². The Morgan fingerprint density at radius 1 is 1.19 bits per heavy atom. The first-order chi connectivity index (χ1) is 12.2. The zero-order chi connectivity index (χ0) is 19.5. The molecule has 0 saturated carbocycles. The van der Waals surface area contributed by atoms with Crippen molar-refractivity contribution in [1.82, 2.24) is 9.80 Å². The Hall–Kier alpha value is -1.81. The van der Waals surface area contributed by atoms with Crippen LogP contribution in [0.1, 0.15) is 11.7 Å². The lowest BCUT2D eigenvalue weighted by Gasteiger charge is -2.25. The van der Waals surface area contributed by atoms with E-state index in [0.29, 0.717) is 9.92 Å². The van der Waals surface area contributed by atoms with E-state index in [-0.39, 0.29) is 25.2 Å². The Balaban J connectivity index is 2.08. The van der Waals surface area contributed by atoms with E-state index in [1.807, 2.05) is 0 Å². The Morgan fingerprint density at radius 2 is 1.73 bits per heavy atom. The van der Waals surface area contributed by atoms with Crippen molar-refractivity contribution in [3.8, 4) is 0 Å². The first kappa shape index (κ1) is 20.5. The number of rotatable bonds is 4. The molecule has 0 radical (unpaired) electrons. The van der Waals surface area contributed by atoms with Crippen molar-refractivity contribution in [2.75, 3.05) is 32.8 Å². The van der Waals surface area contributed by atoms with Crippen LogP contribution in [0.5, 0.6) is 0 Å². The van der Waals surface area contributed by atoms with Gasteiger partial charge in [-0.25, -0.2) is 0 Å². The molecule has 0 aliphatic carbocycles. The molecule has 0 aromatic heterocycles. The molecule has 1 aromatic rings. The minimum atomic E-state index is -3.96. The zero-order valence-corrected chi connectivity index (χ0v) is 14.4. The fraction of sp³-hybridized carbons (Fsp3) is 0.500. The molecular weight excluding hydrogens is 374 g/mol. The fourth-order valence-electron chi connectivity index (χ4n) is 2.63. The summed E-state index contributed by atoms with van der Waals surface area (Å²) in [7, 11) is 0. The molecule has 2 amide bonds. The van der Waals surface area contributed by atoms with E-state index >= 15 is 0 Å². The summed E-state index contributed by atoms with van der Waals surface area (Å²) in [5, 5.41) is 29.2. The van der Waals surface area contributed by atoms with Crippen LogP contribution in [0.3, 0.4) is 0 Å². The van der Waals surface area contributed by atoms with Crippen molar-refractivity contribution >= 4 is 23.4 Å². The number of benzene rings is 1. The molecule has 2 unspecified atom stereocenters. The fourth-order valence-corrected chi connectivity index (χ4v) is 2.76. The van der Waals surface area contributed by atoms with Gasteiger partial charge >= 0.3 is 5.92 Å². The van der Waals surface area contributed by atoms with Crippen molar-refractivity contribution in [2.45, 2.75) is 18.1 Å². The molecule has 2 atom stereocenters. The smallest absolute Gasteiger partial charge is 0.347 e. The summed E-state index contributed by atoms with van der Waals surface area (Å²) in [4.78, 5) is 26.0. The molecule has 1 aliphatic rings. The van der Waals surface area contributed by atoms with Gasteiger partial charge in [0.1, 0.15) is 6.61 Å². The topological polar surface area (TPSA) is 101 Å². The summed E-state index contributed by atoms with van der Waals surface area (Å²) >= 11 is 5.75. The van der Waals surface area contributed by atoms with Gasteiger partial charge in [0.25, 0.3) is 11.8 Å². The number of nitrogens with zero attached hydrogens (tertiary/aromatic N) is 2. The van der Waals surface area contributed by atoms with E-state index in [1.165, 1.54) is 24.3 Å². The molecule has 26 heavy (non-hydrogen) atoms. The van der Waals surface area contributed by atoms with Crippen molar-refractivity contribution in [3.05, 3.63) is 34.9 Å². The van der Waals surface area contributed by atoms with E-state index in [2.05, 4.69) is 0 Å². The van der Waals surface area contributed by atoms with Crippen LogP contribution in [0, 0.1) is 0 Å². The standard InChI is InChI=1S/C16H19ClF2N2O5/c17-11-3-1-10(2-4-11)13(24)14(25)20-5-6-21(8-12(23)7-20)15(26)16(18,19)9-22/h1-4,12-13,22-24H,5-9H2. The van der Waals surface area contributed by atoms with Gasteiger partial charge in [0.15, 0.2) is 6.10 Å². The average Bonchev–Trinajstić information content (AvgIpc) is 2.82. The summed E-state index contributed by atoms with van der Waals surface area (Å²) in [6, 6.07) is 5.94. The molecular formula is C16H19ClF2N2O5. The number of carbonyl (C=O) groups is 2. The Morgan fingerprint density at radius 3 is 2.31 bits per heavy atom. The van der Waals surface area contributed by atoms with Gasteiger partial charge in [-0.15, -0.1) is 0 Å². The summed E-state index contributed by atoms with van der Waals surface area (Å²) in [6.07, 6.45) is -2.78. The first-order valence-electron chi connectivity index (χ1n) is 7.84. The van der Waals surface area contributed by atoms with Crippen LogP contribution in [0.4, 0.5) is 8.78 Å². The van der Waals surface area contributed by atoms with E-state index in [4.69, 9.17) is 16.7 Å². The van der Waals surface area contributed by atoms with Crippen molar-refractivity contribution in [2.24, 2.45) is 0 Å². The summed E-state index contributed by atoms with van der Waals surface area (Å²) in [6.45, 7) is -2.68. The number of halogens is 3. The van der Waals surface area contributed by atoms with Gasteiger partial charge in [0.05, 0.1) is 6.10 Å². The maximum Gasteiger partial charge on any atom is 0.347 e. The lowest BCUT2D eigenvalue weighted by Crippen LogP contribution is -2.48. The molecule has 0 spiro atoms. The normalized spacial score (nSPS) is 19.8. The number of β-amino-alcohol motifs (C(OH)–C–C–N with tert-alkyl or cyclic N) is 1. The maximum atomic E-state index is 13.4. The largest absolute Gasteiger partial charge is 0.390 e. The molecule has 7 nitrogen and oxygen atoms in total. The highest BCUT2D eigenvalue weighted by Gasteiger charge is 2.43. The summed E-state index contributed by atoms with van der Waals surface area (Å²) in [5.41, 5.74) is 0.290. The number of carbonyl (C=O) groups excluding carboxylic acids is 2. The van der Waals surface area contributed by atoms with Gasteiger partial charge < -0.3 is 25.1 Å². The van der Waals surface area contributed by atoms with E-state index < -0.39 is 43.1 Å². The summed E-state index contributed by atoms with van der Waals surface area (Å²) < 4.78 is 26.7. The number of aliphatic hydroxyl groups is 3. The molecule has 0 bridgehead atoms. The molecule has 1 aromatic carbocycles. The Bertz CT molecular complexity index is 659. The molecule has 144 valence electrons. The average molecular weight is 393 g/mol.